The third-order valence-electron chi connectivity index (χ3n) is 1.81. The van der Waals surface area contributed by atoms with E-state index < -0.39 is 0 Å². The van der Waals surface area contributed by atoms with Crippen LogP contribution in [0.2, 0.25) is 0 Å². The van der Waals surface area contributed by atoms with E-state index in [9.17, 15) is 0 Å². The van der Waals surface area contributed by atoms with Gasteiger partial charge in [0.25, 0.3) is 0 Å². The Hall–Kier alpha value is -0.830. The van der Waals surface area contributed by atoms with Gasteiger partial charge >= 0.3 is 0 Å². The predicted molar refractivity (Wildman–Crippen MR) is 59.7 cm³/mol. The van der Waals surface area contributed by atoms with Crippen LogP contribution in [0.25, 0.3) is 0 Å². The lowest BCUT2D eigenvalue weighted by molar-refractivity contribution is 0.876. The summed E-state index contributed by atoms with van der Waals surface area (Å²) < 4.78 is 1.05. The Morgan fingerprint density at radius 3 is 2.62 bits per heavy atom. The number of hydrogen-bond acceptors (Lipinski definition) is 2. The average molecular weight is 241 g/mol. The van der Waals surface area contributed by atoms with Crippen LogP contribution in [-0.4, -0.2) is 5.71 Å². The van der Waals surface area contributed by atoms with Gasteiger partial charge in [0.15, 0.2) is 0 Å². The molecule has 0 saturated heterocycles. The summed E-state index contributed by atoms with van der Waals surface area (Å²) in [6, 6.07) is 7.99. The zero-order valence-electron chi connectivity index (χ0n) is 7.79. The predicted octanol–water partition coefficient (Wildman–Crippen LogP) is 2.77. The minimum atomic E-state index is 0.347. The molecule has 0 aliphatic carbocycles. The Bertz CT molecular complexity index is 318. The highest BCUT2D eigenvalue weighted by atomic mass is 79.9. The average Bonchev–Trinajstić information content (AvgIpc) is 2.04. The fourth-order valence-electron chi connectivity index (χ4n) is 1.20. The Morgan fingerprint density at radius 2 is 2.15 bits per heavy atom. The zero-order valence-corrected chi connectivity index (χ0v) is 9.38. The van der Waals surface area contributed by atoms with Crippen LogP contribution >= 0.6 is 15.9 Å². The topological polar surface area (TPSA) is 38.4 Å². The second kappa shape index (κ2) is 4.42. The molecule has 0 amide bonds. The van der Waals surface area contributed by atoms with Crippen LogP contribution < -0.4 is 5.84 Å². The van der Waals surface area contributed by atoms with Gasteiger partial charge in [0.1, 0.15) is 0 Å². The molecule has 0 aliphatic rings. The summed E-state index contributed by atoms with van der Waals surface area (Å²) in [6.07, 6.45) is 0. The van der Waals surface area contributed by atoms with E-state index in [1.807, 2.05) is 24.3 Å². The zero-order chi connectivity index (χ0) is 9.84. The second-order valence-corrected chi connectivity index (χ2v) is 4.10. The Balaban J connectivity index is 3.06. The molecule has 13 heavy (non-hydrogen) atoms. The van der Waals surface area contributed by atoms with E-state index in [2.05, 4.69) is 34.9 Å². The van der Waals surface area contributed by atoms with Crippen molar-refractivity contribution in [3.63, 3.8) is 0 Å². The molecule has 1 aromatic rings. The normalized spacial score (nSPS) is 12.2. The number of nitrogens with zero attached hydrogens (tertiary/aromatic N) is 1. The molecule has 1 aromatic carbocycles. The molecule has 0 aliphatic heterocycles. The van der Waals surface area contributed by atoms with Gasteiger partial charge in [-0.1, -0.05) is 41.9 Å². The summed E-state index contributed by atoms with van der Waals surface area (Å²) in [5, 5.41) is 3.79. The first-order chi connectivity index (χ1) is 6.15. The van der Waals surface area contributed by atoms with Crippen molar-refractivity contribution >= 4 is 21.6 Å². The summed E-state index contributed by atoms with van der Waals surface area (Å²) >= 11 is 3.41. The van der Waals surface area contributed by atoms with Gasteiger partial charge in [-0.05, 0) is 23.6 Å². The first-order valence-corrected chi connectivity index (χ1v) is 4.98. The van der Waals surface area contributed by atoms with E-state index in [0.717, 1.165) is 15.7 Å². The van der Waals surface area contributed by atoms with Crippen molar-refractivity contribution in [3.8, 4) is 0 Å². The van der Waals surface area contributed by atoms with Gasteiger partial charge < -0.3 is 5.84 Å². The smallest absolute Gasteiger partial charge is 0.0698 e. The maximum atomic E-state index is 5.33. The molecule has 0 fully saturated rings. The number of hydrogen-bond donors (Lipinski definition) is 1. The third kappa shape index (κ3) is 2.56. The van der Waals surface area contributed by atoms with Crippen LogP contribution in [0.5, 0.6) is 0 Å². The summed E-state index contributed by atoms with van der Waals surface area (Å²) in [5.41, 5.74) is 2.01. The summed E-state index contributed by atoms with van der Waals surface area (Å²) in [7, 11) is 0. The number of benzene rings is 1. The number of hydrazone groups is 1. The van der Waals surface area contributed by atoms with E-state index in [-0.39, 0.29) is 0 Å². The molecule has 0 spiro atoms. The van der Waals surface area contributed by atoms with E-state index in [0.29, 0.717) is 5.92 Å². The minimum absolute atomic E-state index is 0.347. The molecule has 0 saturated carbocycles. The molecular weight excluding hydrogens is 228 g/mol. The highest BCUT2D eigenvalue weighted by Crippen LogP contribution is 2.15. The molecule has 0 radical (unpaired) electrons. The molecule has 0 bridgehead atoms. The Kier molecular flexibility index (Phi) is 3.48. The van der Waals surface area contributed by atoms with Gasteiger partial charge in [-0.25, -0.2) is 0 Å². The van der Waals surface area contributed by atoms with Crippen LogP contribution in [0.1, 0.15) is 19.4 Å². The van der Waals surface area contributed by atoms with Crippen molar-refractivity contribution in [1.82, 2.24) is 0 Å². The first kappa shape index (κ1) is 10.3. The van der Waals surface area contributed by atoms with Gasteiger partial charge in [0.05, 0.1) is 5.71 Å². The van der Waals surface area contributed by atoms with Gasteiger partial charge in [0, 0.05) is 4.47 Å². The van der Waals surface area contributed by atoms with Crippen molar-refractivity contribution in [2.45, 2.75) is 13.8 Å². The number of halogens is 1. The van der Waals surface area contributed by atoms with Crippen LogP contribution in [0.4, 0.5) is 0 Å². The van der Waals surface area contributed by atoms with E-state index >= 15 is 0 Å². The van der Waals surface area contributed by atoms with Gasteiger partial charge in [-0.3, -0.25) is 0 Å². The lowest BCUT2D eigenvalue weighted by Crippen LogP contribution is -2.11. The molecule has 70 valence electrons. The Labute approximate surface area is 87.0 Å². The van der Waals surface area contributed by atoms with Crippen molar-refractivity contribution in [3.05, 3.63) is 34.3 Å². The van der Waals surface area contributed by atoms with E-state index in [1.165, 1.54) is 0 Å². The molecule has 3 heteroatoms. The number of nitrogens with two attached hydrogens (primary N) is 1. The summed E-state index contributed by atoms with van der Waals surface area (Å²) in [5.74, 6) is 5.68. The molecule has 0 heterocycles. The minimum Gasteiger partial charge on any atom is -0.323 e. The maximum absolute atomic E-state index is 5.33. The molecule has 0 unspecified atom stereocenters. The fourth-order valence-corrected chi connectivity index (χ4v) is 1.60. The maximum Gasteiger partial charge on any atom is 0.0698 e. The molecule has 0 atom stereocenters. The van der Waals surface area contributed by atoms with Crippen LogP contribution in [0, 0.1) is 5.92 Å². The van der Waals surface area contributed by atoms with Crippen molar-refractivity contribution in [1.29, 1.82) is 0 Å². The highest BCUT2D eigenvalue weighted by Gasteiger charge is 2.07. The van der Waals surface area contributed by atoms with Crippen LogP contribution in [0.15, 0.2) is 33.8 Å². The molecular formula is C10H13BrN2. The third-order valence-corrected chi connectivity index (χ3v) is 2.30. The molecule has 2 nitrogen and oxygen atoms in total. The quantitative estimate of drug-likeness (QED) is 0.482. The van der Waals surface area contributed by atoms with Gasteiger partial charge in [0.2, 0.25) is 0 Å². The second-order valence-electron chi connectivity index (χ2n) is 3.18. The standard InChI is InChI=1S/C10H13BrN2/c1-7(2)10(13-12)8-4-3-5-9(11)6-8/h3-7H,12H2,1-2H3. The van der Waals surface area contributed by atoms with Crippen molar-refractivity contribution < 1.29 is 0 Å². The SMILES string of the molecule is CC(C)C(=NN)c1cccc(Br)c1. The fraction of sp³-hybridized carbons (Fsp3) is 0.300. The van der Waals surface area contributed by atoms with Crippen LogP contribution in [-0.2, 0) is 0 Å². The Morgan fingerprint density at radius 1 is 1.46 bits per heavy atom. The van der Waals surface area contributed by atoms with Crippen molar-refractivity contribution in [2.24, 2.45) is 16.9 Å². The van der Waals surface area contributed by atoms with Gasteiger partial charge in [-0.15, -0.1) is 0 Å². The van der Waals surface area contributed by atoms with E-state index in [4.69, 9.17) is 5.84 Å². The monoisotopic (exact) mass is 240 g/mol. The van der Waals surface area contributed by atoms with Crippen molar-refractivity contribution in [2.75, 3.05) is 0 Å². The number of rotatable bonds is 2. The lowest BCUT2D eigenvalue weighted by atomic mass is 10.0. The largest absolute Gasteiger partial charge is 0.323 e. The van der Waals surface area contributed by atoms with Crippen LogP contribution in [0.3, 0.4) is 0 Å². The summed E-state index contributed by atoms with van der Waals surface area (Å²) in [4.78, 5) is 0. The van der Waals surface area contributed by atoms with Gasteiger partial charge in [-0.2, -0.15) is 5.10 Å². The lowest BCUT2D eigenvalue weighted by Gasteiger charge is -2.08. The molecule has 2 N–H and O–H groups in total. The highest BCUT2D eigenvalue weighted by molar-refractivity contribution is 9.10. The summed E-state index contributed by atoms with van der Waals surface area (Å²) in [6.45, 7) is 4.15. The first-order valence-electron chi connectivity index (χ1n) is 4.19. The molecule has 0 aromatic heterocycles. The van der Waals surface area contributed by atoms with E-state index in [1.54, 1.807) is 0 Å². The molecule has 1 rings (SSSR count).